The van der Waals surface area contributed by atoms with E-state index in [2.05, 4.69) is 5.32 Å². The van der Waals surface area contributed by atoms with Crippen molar-refractivity contribution in [2.45, 2.75) is 6.10 Å². The van der Waals surface area contributed by atoms with Crippen molar-refractivity contribution in [3.8, 4) is 11.5 Å². The van der Waals surface area contributed by atoms with Crippen LogP contribution < -0.4 is 10.1 Å². The minimum absolute atomic E-state index is 0.0417. The molecule has 0 radical (unpaired) electrons. The Kier molecular flexibility index (Phi) is 5.77. The van der Waals surface area contributed by atoms with E-state index in [1.165, 1.54) is 19.3 Å². The molecule has 0 bridgehead atoms. The zero-order valence-electron chi connectivity index (χ0n) is 12.8. The number of carbonyl (C=O) groups excluding carboxylic acids is 1. The van der Waals surface area contributed by atoms with E-state index in [0.717, 1.165) is 11.1 Å². The van der Waals surface area contributed by atoms with E-state index < -0.39 is 6.10 Å². The zero-order valence-corrected chi connectivity index (χ0v) is 12.8. The van der Waals surface area contributed by atoms with Crippen molar-refractivity contribution in [3.05, 3.63) is 65.7 Å². The van der Waals surface area contributed by atoms with E-state index in [9.17, 15) is 15.0 Å². The minimum atomic E-state index is -0.748. The van der Waals surface area contributed by atoms with E-state index in [1.54, 1.807) is 30.3 Å². The highest BCUT2D eigenvalue weighted by Crippen LogP contribution is 2.26. The quantitative estimate of drug-likeness (QED) is 0.715. The number of phenolic OH excluding ortho intramolecular Hbond substituents is 1. The van der Waals surface area contributed by atoms with Gasteiger partial charge in [0, 0.05) is 12.6 Å². The standard InChI is InChI=1S/C18H19NO4/c1-23-17-11-13(7-9-15(17)20)8-10-18(22)19-12-16(21)14-5-3-2-4-6-14/h2-11,16,20-21H,12H2,1H3,(H,19,22). The van der Waals surface area contributed by atoms with Crippen LogP contribution in [0.4, 0.5) is 0 Å². The first-order valence-electron chi connectivity index (χ1n) is 7.16. The fraction of sp³-hybridized carbons (Fsp3) is 0.167. The van der Waals surface area contributed by atoms with Gasteiger partial charge in [-0.25, -0.2) is 0 Å². The maximum atomic E-state index is 11.8. The summed E-state index contributed by atoms with van der Waals surface area (Å²) in [6.45, 7) is 0.131. The van der Waals surface area contributed by atoms with E-state index in [0.29, 0.717) is 5.75 Å². The summed E-state index contributed by atoms with van der Waals surface area (Å²) < 4.78 is 5.00. The van der Waals surface area contributed by atoms with Crippen LogP contribution in [0.25, 0.3) is 6.08 Å². The second-order valence-electron chi connectivity index (χ2n) is 4.94. The van der Waals surface area contributed by atoms with Crippen molar-refractivity contribution < 1.29 is 19.7 Å². The molecule has 5 heteroatoms. The van der Waals surface area contributed by atoms with Crippen LogP contribution in [-0.4, -0.2) is 29.8 Å². The maximum Gasteiger partial charge on any atom is 0.244 e. The molecule has 2 aromatic rings. The molecule has 0 heterocycles. The third-order valence-electron chi connectivity index (χ3n) is 3.28. The van der Waals surface area contributed by atoms with Crippen LogP contribution in [0.15, 0.2) is 54.6 Å². The van der Waals surface area contributed by atoms with Crippen molar-refractivity contribution >= 4 is 12.0 Å². The van der Waals surface area contributed by atoms with Gasteiger partial charge in [0.15, 0.2) is 11.5 Å². The maximum absolute atomic E-state index is 11.8. The molecule has 0 aromatic heterocycles. The number of rotatable bonds is 6. The van der Waals surface area contributed by atoms with Crippen LogP contribution in [0, 0.1) is 0 Å². The molecule has 2 aromatic carbocycles. The molecule has 0 aliphatic rings. The molecule has 0 aliphatic heterocycles. The first-order chi connectivity index (χ1) is 11.1. The molecular weight excluding hydrogens is 294 g/mol. The van der Waals surface area contributed by atoms with Gasteiger partial charge in [0.05, 0.1) is 13.2 Å². The molecule has 3 N–H and O–H groups in total. The van der Waals surface area contributed by atoms with Gasteiger partial charge in [-0.15, -0.1) is 0 Å². The van der Waals surface area contributed by atoms with E-state index in [-0.39, 0.29) is 18.2 Å². The first-order valence-corrected chi connectivity index (χ1v) is 7.16. The second kappa shape index (κ2) is 8.00. The van der Waals surface area contributed by atoms with Crippen molar-refractivity contribution in [1.29, 1.82) is 0 Å². The Balaban J connectivity index is 1.89. The number of hydrogen-bond donors (Lipinski definition) is 3. The molecule has 23 heavy (non-hydrogen) atoms. The molecule has 5 nitrogen and oxygen atoms in total. The first kappa shape index (κ1) is 16.6. The number of benzene rings is 2. The number of amides is 1. The van der Waals surface area contributed by atoms with Crippen LogP contribution >= 0.6 is 0 Å². The lowest BCUT2D eigenvalue weighted by molar-refractivity contribution is -0.116. The van der Waals surface area contributed by atoms with Gasteiger partial charge >= 0.3 is 0 Å². The molecule has 0 spiro atoms. The SMILES string of the molecule is COc1cc(C=CC(=O)NCC(O)c2ccccc2)ccc1O. The number of phenols is 1. The summed E-state index contributed by atoms with van der Waals surface area (Å²) in [6, 6.07) is 13.9. The Morgan fingerprint density at radius 1 is 1.26 bits per heavy atom. The molecule has 1 amide bonds. The van der Waals surface area contributed by atoms with Crippen molar-refractivity contribution in [3.63, 3.8) is 0 Å². The Hall–Kier alpha value is -2.79. The number of carbonyl (C=O) groups is 1. The Morgan fingerprint density at radius 3 is 2.70 bits per heavy atom. The zero-order chi connectivity index (χ0) is 16.7. The highest BCUT2D eigenvalue weighted by Gasteiger charge is 2.07. The van der Waals surface area contributed by atoms with Gasteiger partial charge < -0.3 is 20.3 Å². The summed E-state index contributed by atoms with van der Waals surface area (Å²) in [5.41, 5.74) is 1.47. The smallest absolute Gasteiger partial charge is 0.244 e. The number of aliphatic hydroxyl groups excluding tert-OH is 1. The molecule has 2 rings (SSSR count). The summed E-state index contributed by atoms with van der Waals surface area (Å²) in [5.74, 6) is 0.0687. The van der Waals surface area contributed by atoms with Gasteiger partial charge in [-0.05, 0) is 29.3 Å². The average Bonchev–Trinajstić information content (AvgIpc) is 2.59. The lowest BCUT2D eigenvalue weighted by Gasteiger charge is -2.11. The van der Waals surface area contributed by atoms with Crippen LogP contribution in [0.3, 0.4) is 0 Å². The van der Waals surface area contributed by atoms with Crippen molar-refractivity contribution in [2.75, 3.05) is 13.7 Å². The number of methoxy groups -OCH3 is 1. The summed E-state index contributed by atoms with van der Waals surface area (Å²) >= 11 is 0. The molecule has 0 aliphatic carbocycles. The second-order valence-corrected chi connectivity index (χ2v) is 4.94. The fourth-order valence-corrected chi connectivity index (χ4v) is 2.02. The van der Waals surface area contributed by atoms with Crippen molar-refractivity contribution in [1.82, 2.24) is 5.32 Å². The molecule has 1 atom stereocenters. The Bertz CT molecular complexity index is 683. The number of nitrogens with one attached hydrogen (secondary N) is 1. The average molecular weight is 313 g/mol. The highest BCUT2D eigenvalue weighted by molar-refractivity contribution is 5.91. The summed E-state index contributed by atoms with van der Waals surface area (Å²) in [4.78, 5) is 11.8. The topological polar surface area (TPSA) is 78.8 Å². The monoisotopic (exact) mass is 313 g/mol. The van der Waals surface area contributed by atoms with Crippen LogP contribution in [0.1, 0.15) is 17.2 Å². The molecule has 0 fully saturated rings. The van der Waals surface area contributed by atoms with Crippen molar-refractivity contribution in [2.24, 2.45) is 0 Å². The predicted octanol–water partition coefficient (Wildman–Crippen LogP) is 2.26. The lowest BCUT2D eigenvalue weighted by atomic mass is 10.1. The van der Waals surface area contributed by atoms with Crippen LogP contribution in [0.5, 0.6) is 11.5 Å². The third kappa shape index (κ3) is 4.86. The van der Waals surface area contributed by atoms with E-state index >= 15 is 0 Å². The van der Waals surface area contributed by atoms with Crippen LogP contribution in [-0.2, 0) is 4.79 Å². The number of aromatic hydroxyl groups is 1. The molecule has 0 saturated heterocycles. The molecule has 120 valence electrons. The molecular formula is C18H19NO4. The fourth-order valence-electron chi connectivity index (χ4n) is 2.02. The summed E-state index contributed by atoms with van der Waals surface area (Å²) in [5, 5.41) is 22.1. The minimum Gasteiger partial charge on any atom is -0.504 e. The number of ether oxygens (including phenoxy) is 1. The van der Waals surface area contributed by atoms with Gasteiger partial charge in [-0.1, -0.05) is 36.4 Å². The van der Waals surface area contributed by atoms with Gasteiger partial charge in [0.1, 0.15) is 0 Å². The van der Waals surface area contributed by atoms with E-state index in [1.807, 2.05) is 18.2 Å². The Labute approximate surface area is 134 Å². The van der Waals surface area contributed by atoms with Gasteiger partial charge in [-0.2, -0.15) is 0 Å². The van der Waals surface area contributed by atoms with Gasteiger partial charge in [0.2, 0.25) is 5.91 Å². The lowest BCUT2D eigenvalue weighted by Crippen LogP contribution is -2.26. The third-order valence-corrected chi connectivity index (χ3v) is 3.28. The Morgan fingerprint density at radius 2 is 2.00 bits per heavy atom. The summed E-state index contributed by atoms with van der Waals surface area (Å²) in [7, 11) is 1.46. The molecule has 0 saturated carbocycles. The van der Waals surface area contributed by atoms with Gasteiger partial charge in [0.25, 0.3) is 0 Å². The van der Waals surface area contributed by atoms with Crippen LogP contribution in [0.2, 0.25) is 0 Å². The number of hydrogen-bond acceptors (Lipinski definition) is 4. The highest BCUT2D eigenvalue weighted by atomic mass is 16.5. The molecule has 1 unspecified atom stereocenters. The largest absolute Gasteiger partial charge is 0.504 e. The van der Waals surface area contributed by atoms with Gasteiger partial charge in [-0.3, -0.25) is 4.79 Å². The van der Waals surface area contributed by atoms with E-state index in [4.69, 9.17) is 4.74 Å². The number of aliphatic hydroxyl groups is 1. The predicted molar refractivity (Wildman–Crippen MR) is 88.1 cm³/mol. The summed E-state index contributed by atoms with van der Waals surface area (Å²) in [6.07, 6.45) is 2.22. The normalized spacial score (nSPS) is 12.1.